The van der Waals surface area contributed by atoms with Gasteiger partial charge in [0.25, 0.3) is 0 Å². The van der Waals surface area contributed by atoms with Gasteiger partial charge in [-0.3, -0.25) is 9.59 Å². The van der Waals surface area contributed by atoms with Crippen LogP contribution in [0.5, 0.6) is 0 Å². The van der Waals surface area contributed by atoms with Gasteiger partial charge in [0.15, 0.2) is 0 Å². The van der Waals surface area contributed by atoms with Crippen LogP contribution >= 0.6 is 0 Å². The lowest BCUT2D eigenvalue weighted by atomic mass is 10.2. The van der Waals surface area contributed by atoms with E-state index in [1.807, 2.05) is 35.2 Å². The lowest BCUT2D eigenvalue weighted by Gasteiger charge is -2.42. The van der Waals surface area contributed by atoms with Crippen molar-refractivity contribution in [1.29, 1.82) is 0 Å². The molecule has 156 valence electrons. The highest BCUT2D eigenvalue weighted by molar-refractivity contribution is 5.76. The maximum atomic E-state index is 12.3. The lowest BCUT2D eigenvalue weighted by molar-refractivity contribution is -0.291. The van der Waals surface area contributed by atoms with E-state index in [4.69, 9.17) is 9.47 Å². The van der Waals surface area contributed by atoms with Crippen molar-refractivity contribution in [2.75, 3.05) is 46.5 Å². The Morgan fingerprint density at radius 2 is 1.71 bits per heavy atom. The van der Waals surface area contributed by atoms with Crippen molar-refractivity contribution < 1.29 is 28.9 Å². The number of benzene rings is 1. The summed E-state index contributed by atoms with van der Waals surface area (Å²) in [5, 5.41) is 10.6. The first-order valence-electron chi connectivity index (χ1n) is 9.50. The van der Waals surface area contributed by atoms with E-state index in [-0.39, 0.29) is 37.9 Å². The summed E-state index contributed by atoms with van der Waals surface area (Å²) in [6.07, 6.45) is 0.448. The third kappa shape index (κ3) is 7.20. The molecular formula is C20H30N2O6. The average molecular weight is 394 g/mol. The summed E-state index contributed by atoms with van der Waals surface area (Å²) in [6, 6.07) is 9.68. The van der Waals surface area contributed by atoms with Crippen molar-refractivity contribution >= 4 is 11.9 Å². The predicted molar refractivity (Wildman–Crippen MR) is 102 cm³/mol. The third-order valence-corrected chi connectivity index (χ3v) is 4.71. The molecule has 1 fully saturated rings. The molecule has 1 aliphatic heterocycles. The molecule has 0 aliphatic carbocycles. The topological polar surface area (TPSA) is 88.5 Å². The Bertz CT molecular complexity index is 614. The molecule has 1 N–H and O–H groups in total. The quantitative estimate of drug-likeness (QED) is 0.360. The van der Waals surface area contributed by atoms with E-state index >= 15 is 0 Å². The van der Waals surface area contributed by atoms with Gasteiger partial charge in [-0.05, 0) is 5.56 Å². The zero-order valence-corrected chi connectivity index (χ0v) is 16.6. The molecule has 0 bridgehead atoms. The van der Waals surface area contributed by atoms with Crippen molar-refractivity contribution in [3.8, 4) is 0 Å². The third-order valence-electron chi connectivity index (χ3n) is 4.71. The van der Waals surface area contributed by atoms with Crippen molar-refractivity contribution in [3.63, 3.8) is 0 Å². The molecule has 2 rings (SSSR count). The number of aliphatic hydroxyl groups is 1. The fourth-order valence-corrected chi connectivity index (χ4v) is 2.93. The van der Waals surface area contributed by atoms with Gasteiger partial charge in [-0.2, -0.15) is 0 Å². The monoisotopic (exact) mass is 394 g/mol. The molecule has 1 amide bonds. The highest BCUT2D eigenvalue weighted by Gasteiger charge is 2.33. The lowest BCUT2D eigenvalue weighted by Crippen LogP contribution is -2.58. The van der Waals surface area contributed by atoms with Crippen LogP contribution in [-0.2, 0) is 30.4 Å². The summed E-state index contributed by atoms with van der Waals surface area (Å²) in [7, 11) is 1.33. The molecule has 1 aromatic rings. The van der Waals surface area contributed by atoms with Gasteiger partial charge >= 0.3 is 5.97 Å². The number of amides is 1. The number of esters is 1. The summed E-state index contributed by atoms with van der Waals surface area (Å²) in [6.45, 7) is 4.55. The van der Waals surface area contributed by atoms with Gasteiger partial charge in [0.2, 0.25) is 11.8 Å². The standard InChI is InChI=1S/C20H30N2O6/c1-20(25,28-16-17-6-4-3-5-7-17)22-12-10-21(11-13-22)18(23)8-14-27-15-9-19(24)26-2/h3-7,25H,8-16H2,1-2H3. The first-order valence-corrected chi connectivity index (χ1v) is 9.50. The molecule has 8 nitrogen and oxygen atoms in total. The van der Waals surface area contributed by atoms with E-state index in [9.17, 15) is 14.7 Å². The molecular weight excluding hydrogens is 364 g/mol. The van der Waals surface area contributed by atoms with E-state index in [0.717, 1.165) is 5.56 Å². The second-order valence-electron chi connectivity index (χ2n) is 6.76. The molecule has 0 radical (unpaired) electrons. The number of rotatable bonds is 10. The molecule has 1 atom stereocenters. The Balaban J connectivity index is 1.66. The highest BCUT2D eigenvalue weighted by Crippen LogP contribution is 2.18. The van der Waals surface area contributed by atoms with Crippen molar-refractivity contribution in [1.82, 2.24) is 9.80 Å². The van der Waals surface area contributed by atoms with Crippen LogP contribution in [-0.4, -0.2) is 79.2 Å². The summed E-state index contributed by atoms with van der Waals surface area (Å²) in [4.78, 5) is 26.8. The molecule has 0 saturated carbocycles. The van der Waals surface area contributed by atoms with E-state index in [0.29, 0.717) is 32.8 Å². The van der Waals surface area contributed by atoms with Gasteiger partial charge in [-0.15, -0.1) is 0 Å². The minimum absolute atomic E-state index is 0.00237. The molecule has 1 aliphatic rings. The Morgan fingerprint density at radius 1 is 1.07 bits per heavy atom. The van der Waals surface area contributed by atoms with Gasteiger partial charge in [0.05, 0.1) is 39.8 Å². The molecule has 1 heterocycles. The van der Waals surface area contributed by atoms with Crippen molar-refractivity contribution in [2.45, 2.75) is 32.3 Å². The van der Waals surface area contributed by atoms with Crippen LogP contribution < -0.4 is 0 Å². The summed E-state index contributed by atoms with van der Waals surface area (Å²) >= 11 is 0. The number of ether oxygens (including phenoxy) is 3. The minimum Gasteiger partial charge on any atom is -0.469 e. The maximum absolute atomic E-state index is 12.3. The van der Waals surface area contributed by atoms with Gasteiger partial charge in [-0.1, -0.05) is 30.3 Å². The fraction of sp³-hybridized carbons (Fsp3) is 0.600. The second kappa shape index (κ2) is 11.1. The zero-order chi connectivity index (χ0) is 20.4. The summed E-state index contributed by atoms with van der Waals surface area (Å²) in [5.74, 6) is -1.71. The molecule has 1 saturated heterocycles. The zero-order valence-electron chi connectivity index (χ0n) is 16.6. The molecule has 0 spiro atoms. The number of carbonyl (C=O) groups excluding carboxylic acids is 2. The van der Waals surface area contributed by atoms with E-state index in [2.05, 4.69) is 4.74 Å². The molecule has 1 aromatic carbocycles. The van der Waals surface area contributed by atoms with Gasteiger partial charge in [0.1, 0.15) is 0 Å². The van der Waals surface area contributed by atoms with Crippen LogP contribution in [0, 0.1) is 0 Å². The second-order valence-corrected chi connectivity index (χ2v) is 6.76. The van der Waals surface area contributed by atoms with Gasteiger partial charge in [-0.25, -0.2) is 4.90 Å². The van der Waals surface area contributed by atoms with Crippen molar-refractivity contribution in [2.24, 2.45) is 0 Å². The Hall–Kier alpha value is -2.00. The predicted octanol–water partition coefficient (Wildman–Crippen LogP) is 0.983. The number of piperazine rings is 1. The Labute approximate surface area is 166 Å². The SMILES string of the molecule is COC(=O)CCOCCC(=O)N1CCN(C(C)(O)OCc2ccccc2)CC1. The van der Waals surface area contributed by atoms with Gasteiger partial charge < -0.3 is 24.2 Å². The first kappa shape index (κ1) is 22.3. The Kier molecular flexibility index (Phi) is 8.85. The van der Waals surface area contributed by atoms with Crippen LogP contribution in [0.2, 0.25) is 0 Å². The maximum Gasteiger partial charge on any atom is 0.307 e. The van der Waals surface area contributed by atoms with E-state index in [1.165, 1.54) is 7.11 Å². The fourth-order valence-electron chi connectivity index (χ4n) is 2.93. The average Bonchev–Trinajstić information content (AvgIpc) is 2.72. The van der Waals surface area contributed by atoms with Crippen LogP contribution in [0.15, 0.2) is 30.3 Å². The summed E-state index contributed by atoms with van der Waals surface area (Å²) in [5.41, 5.74) is 0.990. The molecule has 1 unspecified atom stereocenters. The molecule has 28 heavy (non-hydrogen) atoms. The molecule has 8 heteroatoms. The highest BCUT2D eigenvalue weighted by atomic mass is 16.6. The number of hydrogen-bond donors (Lipinski definition) is 1. The van der Waals surface area contributed by atoms with Crippen LogP contribution in [0.25, 0.3) is 0 Å². The Morgan fingerprint density at radius 3 is 2.36 bits per heavy atom. The van der Waals surface area contributed by atoms with E-state index in [1.54, 1.807) is 11.8 Å². The minimum atomic E-state index is -1.39. The van der Waals surface area contributed by atoms with Crippen LogP contribution in [0.3, 0.4) is 0 Å². The smallest absolute Gasteiger partial charge is 0.307 e. The largest absolute Gasteiger partial charge is 0.469 e. The normalized spacial score (nSPS) is 17.2. The number of nitrogens with zero attached hydrogens (tertiary/aromatic N) is 2. The van der Waals surface area contributed by atoms with Crippen molar-refractivity contribution in [3.05, 3.63) is 35.9 Å². The van der Waals surface area contributed by atoms with Crippen LogP contribution in [0.4, 0.5) is 0 Å². The number of hydrogen-bond acceptors (Lipinski definition) is 7. The number of methoxy groups -OCH3 is 1. The summed E-state index contributed by atoms with van der Waals surface area (Å²) < 4.78 is 15.5. The van der Waals surface area contributed by atoms with Gasteiger partial charge in [0, 0.05) is 33.1 Å². The number of carbonyl (C=O) groups is 2. The van der Waals surface area contributed by atoms with Crippen LogP contribution in [0.1, 0.15) is 25.3 Å². The first-order chi connectivity index (χ1) is 13.4. The van der Waals surface area contributed by atoms with E-state index < -0.39 is 5.91 Å². The molecule has 0 aromatic heterocycles.